The van der Waals surface area contributed by atoms with Crippen LogP contribution in [0.2, 0.25) is 0 Å². The third-order valence-electron chi connectivity index (χ3n) is 4.40. The van der Waals surface area contributed by atoms with E-state index in [2.05, 4.69) is 0 Å². The Bertz CT molecular complexity index is 1060. The number of aldehydes is 6. The van der Waals surface area contributed by atoms with E-state index in [4.69, 9.17) is 30.6 Å². The third-order valence-corrected chi connectivity index (χ3v) is 4.40. The number of hydrogen-bond donors (Lipinski definition) is 6. The molecule has 0 saturated heterocycles. The summed E-state index contributed by atoms with van der Waals surface area (Å²) in [5, 5.41) is 54.4. The van der Waals surface area contributed by atoms with Crippen molar-refractivity contribution in [2.45, 2.75) is 0 Å². The van der Waals surface area contributed by atoms with Crippen LogP contribution in [0.15, 0.2) is 36.4 Å². The molecule has 190 valence electrons. The Hall–Kier alpha value is -4.81. The molecule has 3 aromatic rings. The molecule has 0 spiro atoms. The molecule has 12 nitrogen and oxygen atoms in total. The minimum absolute atomic E-state index is 0. The van der Waals surface area contributed by atoms with Crippen LogP contribution in [-0.2, 0) is 21.7 Å². The van der Waals surface area contributed by atoms with E-state index in [0.717, 1.165) is 0 Å². The molecule has 0 aliphatic carbocycles. The van der Waals surface area contributed by atoms with Gasteiger partial charge in [0.05, 0.1) is 33.4 Å². The smallest absolute Gasteiger partial charge is 0.168 e. The number of phenolic OH excluding ortho intramolecular Hbond substituents is 6. The molecule has 0 atom stereocenters. The number of aromatic hydroxyl groups is 6. The minimum Gasteiger partial charge on any atom is -0.504 e. The van der Waals surface area contributed by atoms with E-state index in [1.165, 1.54) is 36.4 Å². The van der Waals surface area contributed by atoms with Crippen molar-refractivity contribution >= 4 is 37.7 Å². The van der Waals surface area contributed by atoms with Gasteiger partial charge in [-0.3, -0.25) is 28.8 Å². The van der Waals surface area contributed by atoms with E-state index in [1.807, 2.05) is 0 Å². The van der Waals surface area contributed by atoms with Gasteiger partial charge in [0.1, 0.15) is 0 Å². The summed E-state index contributed by atoms with van der Waals surface area (Å²) < 4.78 is 0. The average molecular weight is 546 g/mol. The molecule has 0 aliphatic heterocycles. The molecule has 3 rings (SSSR count). The first-order chi connectivity index (χ1) is 17.1. The quantitative estimate of drug-likeness (QED) is 0.149. The van der Waals surface area contributed by atoms with Crippen LogP contribution in [0.5, 0.6) is 34.5 Å². The van der Waals surface area contributed by atoms with Gasteiger partial charge >= 0.3 is 0 Å². The fourth-order valence-corrected chi connectivity index (χ4v) is 2.40. The van der Waals surface area contributed by atoms with Crippen LogP contribution >= 0.6 is 0 Å². The number of carbonyl (C=O) groups is 6. The predicted molar refractivity (Wildman–Crippen MR) is 122 cm³/mol. The van der Waals surface area contributed by atoms with Crippen LogP contribution < -0.4 is 0 Å². The van der Waals surface area contributed by atoms with Gasteiger partial charge in [-0.2, -0.15) is 0 Å². The molecular formula is C24H18O12Ti. The van der Waals surface area contributed by atoms with Gasteiger partial charge in [0, 0.05) is 21.7 Å². The van der Waals surface area contributed by atoms with Crippen molar-refractivity contribution in [3.63, 3.8) is 0 Å². The first-order valence-electron chi connectivity index (χ1n) is 9.47. The van der Waals surface area contributed by atoms with E-state index < -0.39 is 34.5 Å². The summed E-state index contributed by atoms with van der Waals surface area (Å²) in [5.41, 5.74) is -0.261. The number of phenols is 6. The van der Waals surface area contributed by atoms with Crippen molar-refractivity contribution in [1.82, 2.24) is 0 Å². The maximum absolute atomic E-state index is 10.2. The van der Waals surface area contributed by atoms with E-state index >= 15 is 0 Å². The molecule has 13 heteroatoms. The standard InChI is InChI=1S/3C8H6O4.Ti/c3*9-3-5-1-2-6(4-10)8(12)7(5)11;/h3*1-4,11-12H;. The summed E-state index contributed by atoms with van der Waals surface area (Å²) in [6.45, 7) is 0. The molecule has 3 aromatic carbocycles. The molecule has 0 fully saturated rings. The Balaban J connectivity index is 0.000000518. The molecule has 0 bridgehead atoms. The van der Waals surface area contributed by atoms with Crippen LogP contribution in [0.25, 0.3) is 0 Å². The Morgan fingerprint density at radius 3 is 0.514 bits per heavy atom. The molecule has 0 radical (unpaired) electrons. The van der Waals surface area contributed by atoms with Crippen LogP contribution in [0.3, 0.4) is 0 Å². The summed E-state index contributed by atoms with van der Waals surface area (Å²) in [6.07, 6.45) is 2.35. The molecule has 6 N–H and O–H groups in total. The second-order valence-electron chi connectivity index (χ2n) is 6.53. The Morgan fingerprint density at radius 1 is 0.324 bits per heavy atom. The molecule has 0 amide bonds. The van der Waals surface area contributed by atoms with E-state index in [0.29, 0.717) is 37.7 Å². The minimum atomic E-state index is -0.561. The van der Waals surface area contributed by atoms with Gasteiger partial charge in [-0.05, 0) is 36.4 Å². The fraction of sp³-hybridized carbons (Fsp3) is 0. The maximum atomic E-state index is 10.2. The average Bonchev–Trinajstić information content (AvgIpc) is 2.89. The Labute approximate surface area is 222 Å². The van der Waals surface area contributed by atoms with Gasteiger partial charge in [-0.1, -0.05) is 0 Å². The molecule has 37 heavy (non-hydrogen) atoms. The maximum Gasteiger partial charge on any atom is 0.168 e. The zero-order valence-electron chi connectivity index (χ0n) is 18.6. The molecule has 0 heterocycles. The van der Waals surface area contributed by atoms with Gasteiger partial charge in [-0.25, -0.2) is 0 Å². The van der Waals surface area contributed by atoms with Crippen molar-refractivity contribution in [2.75, 3.05) is 0 Å². The van der Waals surface area contributed by atoms with Gasteiger partial charge in [0.25, 0.3) is 0 Å². The number of hydrogen-bond acceptors (Lipinski definition) is 12. The molecule has 0 unspecified atom stereocenters. The van der Waals surface area contributed by atoms with Gasteiger partial charge in [-0.15, -0.1) is 0 Å². The Morgan fingerprint density at radius 2 is 0.432 bits per heavy atom. The summed E-state index contributed by atoms with van der Waals surface area (Å²) in [6, 6.07) is 7.53. The van der Waals surface area contributed by atoms with Crippen molar-refractivity contribution < 1.29 is 81.1 Å². The number of rotatable bonds is 6. The van der Waals surface area contributed by atoms with Gasteiger partial charge in [0.15, 0.2) is 72.2 Å². The largest absolute Gasteiger partial charge is 0.504 e. The zero-order chi connectivity index (χ0) is 27.4. The zero-order valence-corrected chi connectivity index (χ0v) is 20.1. The summed E-state index contributed by atoms with van der Waals surface area (Å²) in [4.78, 5) is 61.3. The second kappa shape index (κ2) is 15.2. The van der Waals surface area contributed by atoms with Crippen molar-refractivity contribution in [1.29, 1.82) is 0 Å². The van der Waals surface area contributed by atoms with Crippen LogP contribution in [0.4, 0.5) is 0 Å². The third kappa shape index (κ3) is 7.85. The van der Waals surface area contributed by atoms with E-state index in [1.54, 1.807) is 0 Å². The van der Waals surface area contributed by atoms with Crippen LogP contribution in [-0.4, -0.2) is 68.4 Å². The van der Waals surface area contributed by atoms with Gasteiger partial charge < -0.3 is 30.6 Å². The normalized spacial score (nSPS) is 9.08. The first-order valence-corrected chi connectivity index (χ1v) is 9.47. The SMILES string of the molecule is O=Cc1ccc(C=O)c(O)c1O.O=Cc1ccc(C=O)c(O)c1O.O=Cc1ccc(C=O)c(O)c1O.[Ti]. The second-order valence-corrected chi connectivity index (χ2v) is 6.53. The molecule has 0 saturated carbocycles. The van der Waals surface area contributed by atoms with E-state index in [-0.39, 0.29) is 55.1 Å². The fourth-order valence-electron chi connectivity index (χ4n) is 2.40. The van der Waals surface area contributed by atoms with Crippen molar-refractivity contribution in [2.24, 2.45) is 0 Å². The predicted octanol–water partition coefficient (Wildman–Crippen LogP) is 2.17. The molecule has 0 aliphatic rings. The topological polar surface area (TPSA) is 224 Å². The van der Waals surface area contributed by atoms with E-state index in [9.17, 15) is 28.8 Å². The monoisotopic (exact) mass is 546 g/mol. The summed E-state index contributed by atoms with van der Waals surface area (Å²) in [7, 11) is 0. The van der Waals surface area contributed by atoms with Crippen molar-refractivity contribution in [3.05, 3.63) is 69.8 Å². The van der Waals surface area contributed by atoms with Gasteiger partial charge in [0.2, 0.25) is 0 Å². The van der Waals surface area contributed by atoms with Crippen molar-refractivity contribution in [3.8, 4) is 34.5 Å². The summed E-state index contributed by atoms with van der Waals surface area (Å²) >= 11 is 0. The molecular weight excluding hydrogens is 528 g/mol. The number of carbonyl (C=O) groups excluding carboxylic acids is 6. The van der Waals surface area contributed by atoms with Crippen LogP contribution in [0, 0.1) is 0 Å². The number of benzene rings is 3. The summed E-state index contributed by atoms with van der Waals surface area (Å²) in [5.74, 6) is -3.36. The molecule has 0 aromatic heterocycles. The Kier molecular flexibility index (Phi) is 13.3. The first kappa shape index (κ1) is 32.2. The van der Waals surface area contributed by atoms with Crippen LogP contribution in [0.1, 0.15) is 62.1 Å².